The van der Waals surface area contributed by atoms with Crippen LogP contribution < -0.4 is 5.32 Å². The van der Waals surface area contributed by atoms with Gasteiger partial charge < -0.3 is 15.5 Å². The minimum Gasteiger partial charge on any atom is -0.394 e. The number of aliphatic hydroxyl groups excluding tert-OH is 2. The average molecular weight is 262 g/mol. The van der Waals surface area contributed by atoms with Crippen LogP contribution >= 0.6 is 15.9 Å². The van der Waals surface area contributed by atoms with Crippen molar-refractivity contribution in [1.82, 2.24) is 9.97 Å². The predicted octanol–water partition coefficient (Wildman–Crippen LogP) is 0.394. The molecule has 14 heavy (non-hydrogen) atoms. The highest BCUT2D eigenvalue weighted by Gasteiger charge is 2.22. The highest BCUT2D eigenvalue weighted by atomic mass is 79.9. The Labute approximate surface area is 90.3 Å². The first kappa shape index (κ1) is 11.4. The summed E-state index contributed by atoms with van der Waals surface area (Å²) in [5.41, 5.74) is -0.798. The Morgan fingerprint density at radius 3 is 2.29 bits per heavy atom. The lowest BCUT2D eigenvalue weighted by molar-refractivity contribution is 0.147. The number of halogens is 1. The number of aromatic nitrogens is 2. The van der Waals surface area contributed by atoms with Crippen LogP contribution in [0, 0.1) is 0 Å². The molecule has 5 nitrogen and oxygen atoms in total. The molecule has 1 rings (SSSR count). The van der Waals surface area contributed by atoms with E-state index in [1.165, 1.54) is 0 Å². The largest absolute Gasteiger partial charge is 0.394 e. The van der Waals surface area contributed by atoms with Crippen molar-refractivity contribution in [1.29, 1.82) is 0 Å². The van der Waals surface area contributed by atoms with Crippen molar-refractivity contribution in [3.05, 3.63) is 16.9 Å². The zero-order valence-electron chi connectivity index (χ0n) is 7.74. The van der Waals surface area contributed by atoms with E-state index in [0.717, 1.165) is 4.47 Å². The van der Waals surface area contributed by atoms with Gasteiger partial charge in [0, 0.05) is 12.4 Å². The first-order valence-electron chi connectivity index (χ1n) is 4.07. The third-order valence-electron chi connectivity index (χ3n) is 1.73. The van der Waals surface area contributed by atoms with Gasteiger partial charge in [0.15, 0.2) is 0 Å². The Morgan fingerprint density at radius 1 is 1.36 bits per heavy atom. The summed E-state index contributed by atoms with van der Waals surface area (Å²) in [6.07, 6.45) is 3.18. The highest BCUT2D eigenvalue weighted by Crippen LogP contribution is 2.12. The summed E-state index contributed by atoms with van der Waals surface area (Å²) in [5, 5.41) is 20.9. The maximum atomic E-state index is 9.01. The van der Waals surface area contributed by atoms with Gasteiger partial charge in [-0.15, -0.1) is 0 Å². The van der Waals surface area contributed by atoms with Crippen LogP contribution in [0.1, 0.15) is 6.92 Å². The lowest BCUT2D eigenvalue weighted by Crippen LogP contribution is -2.43. The van der Waals surface area contributed by atoms with Gasteiger partial charge in [0.05, 0.1) is 23.2 Å². The number of hydrogen-bond acceptors (Lipinski definition) is 5. The second-order valence-electron chi connectivity index (χ2n) is 3.23. The van der Waals surface area contributed by atoms with E-state index in [1.54, 1.807) is 19.3 Å². The van der Waals surface area contributed by atoms with E-state index >= 15 is 0 Å². The summed E-state index contributed by atoms with van der Waals surface area (Å²) in [5.74, 6) is 0.374. The summed E-state index contributed by atoms with van der Waals surface area (Å²) < 4.78 is 0.776. The molecule has 3 N–H and O–H groups in total. The molecule has 0 aliphatic carbocycles. The van der Waals surface area contributed by atoms with Crippen LogP contribution in [0.25, 0.3) is 0 Å². The van der Waals surface area contributed by atoms with Crippen LogP contribution in [0.5, 0.6) is 0 Å². The minimum absolute atomic E-state index is 0.192. The summed E-state index contributed by atoms with van der Waals surface area (Å²) in [7, 11) is 0. The molecule has 1 heterocycles. The Balaban J connectivity index is 2.72. The summed E-state index contributed by atoms with van der Waals surface area (Å²) in [6.45, 7) is 1.30. The van der Waals surface area contributed by atoms with E-state index in [9.17, 15) is 0 Å². The van der Waals surface area contributed by atoms with Gasteiger partial charge in [0.1, 0.15) is 0 Å². The maximum Gasteiger partial charge on any atom is 0.223 e. The lowest BCUT2D eigenvalue weighted by Gasteiger charge is -2.25. The van der Waals surface area contributed by atoms with Gasteiger partial charge in [-0.05, 0) is 22.9 Å². The average Bonchev–Trinajstić information content (AvgIpc) is 2.21. The Bertz CT molecular complexity index is 287. The molecular formula is C8H12BrN3O2. The van der Waals surface area contributed by atoms with Gasteiger partial charge in [-0.1, -0.05) is 0 Å². The summed E-state index contributed by atoms with van der Waals surface area (Å²) in [6, 6.07) is 0. The van der Waals surface area contributed by atoms with E-state index in [4.69, 9.17) is 10.2 Å². The number of hydrogen-bond donors (Lipinski definition) is 3. The van der Waals surface area contributed by atoms with Crippen LogP contribution in [0.4, 0.5) is 5.95 Å². The standard InChI is InChI=1S/C8H12BrN3O2/c1-8(4-13,5-14)12-7-10-2-6(9)3-11-7/h2-3,13-14H,4-5H2,1H3,(H,10,11,12). The Kier molecular flexibility index (Phi) is 3.79. The van der Waals surface area contributed by atoms with Crippen molar-refractivity contribution < 1.29 is 10.2 Å². The molecule has 0 saturated heterocycles. The topological polar surface area (TPSA) is 78.3 Å². The lowest BCUT2D eigenvalue weighted by atomic mass is 10.1. The van der Waals surface area contributed by atoms with Gasteiger partial charge >= 0.3 is 0 Å². The fraction of sp³-hybridized carbons (Fsp3) is 0.500. The van der Waals surface area contributed by atoms with Crippen LogP contribution in [0.2, 0.25) is 0 Å². The Hall–Kier alpha value is -0.720. The fourth-order valence-corrected chi connectivity index (χ4v) is 0.981. The smallest absolute Gasteiger partial charge is 0.223 e. The first-order valence-corrected chi connectivity index (χ1v) is 4.86. The molecule has 78 valence electrons. The van der Waals surface area contributed by atoms with Crippen molar-refractivity contribution >= 4 is 21.9 Å². The predicted molar refractivity (Wildman–Crippen MR) is 55.9 cm³/mol. The molecule has 0 spiro atoms. The first-order chi connectivity index (χ1) is 6.59. The molecule has 0 bridgehead atoms. The van der Waals surface area contributed by atoms with E-state index in [2.05, 4.69) is 31.2 Å². The van der Waals surface area contributed by atoms with Crippen LogP contribution in [0.15, 0.2) is 16.9 Å². The summed E-state index contributed by atoms with van der Waals surface area (Å²) in [4.78, 5) is 7.94. The zero-order valence-corrected chi connectivity index (χ0v) is 9.32. The van der Waals surface area contributed by atoms with E-state index in [1.807, 2.05) is 0 Å². The monoisotopic (exact) mass is 261 g/mol. The van der Waals surface area contributed by atoms with Gasteiger partial charge in [0.2, 0.25) is 5.95 Å². The second-order valence-corrected chi connectivity index (χ2v) is 4.14. The SMILES string of the molecule is CC(CO)(CO)Nc1ncc(Br)cn1. The molecule has 0 radical (unpaired) electrons. The van der Waals surface area contributed by atoms with E-state index in [-0.39, 0.29) is 13.2 Å². The molecule has 0 aliphatic rings. The van der Waals surface area contributed by atoms with Gasteiger partial charge in [-0.25, -0.2) is 9.97 Å². The molecule has 6 heteroatoms. The fourth-order valence-electron chi connectivity index (χ4n) is 0.776. The van der Waals surface area contributed by atoms with Crippen molar-refractivity contribution in [2.45, 2.75) is 12.5 Å². The van der Waals surface area contributed by atoms with Crippen LogP contribution in [0.3, 0.4) is 0 Å². The molecular weight excluding hydrogens is 250 g/mol. The molecule has 0 unspecified atom stereocenters. The van der Waals surface area contributed by atoms with Crippen molar-refractivity contribution in [2.75, 3.05) is 18.5 Å². The van der Waals surface area contributed by atoms with Crippen molar-refractivity contribution in [3.63, 3.8) is 0 Å². The molecule has 1 aromatic rings. The third kappa shape index (κ3) is 2.90. The quantitative estimate of drug-likeness (QED) is 0.731. The van der Waals surface area contributed by atoms with Gasteiger partial charge in [-0.2, -0.15) is 0 Å². The van der Waals surface area contributed by atoms with Crippen LogP contribution in [-0.2, 0) is 0 Å². The van der Waals surface area contributed by atoms with Crippen molar-refractivity contribution in [2.24, 2.45) is 0 Å². The molecule has 1 aromatic heterocycles. The van der Waals surface area contributed by atoms with E-state index in [0.29, 0.717) is 5.95 Å². The van der Waals surface area contributed by atoms with Gasteiger partial charge in [-0.3, -0.25) is 0 Å². The van der Waals surface area contributed by atoms with Gasteiger partial charge in [0.25, 0.3) is 0 Å². The van der Waals surface area contributed by atoms with Crippen molar-refractivity contribution in [3.8, 4) is 0 Å². The Morgan fingerprint density at radius 2 is 1.86 bits per heavy atom. The molecule has 0 saturated carbocycles. The second kappa shape index (κ2) is 4.68. The minimum atomic E-state index is -0.798. The number of nitrogens with zero attached hydrogens (tertiary/aromatic N) is 2. The number of anilines is 1. The van der Waals surface area contributed by atoms with Crippen LogP contribution in [-0.4, -0.2) is 38.9 Å². The summed E-state index contributed by atoms with van der Waals surface area (Å²) >= 11 is 3.21. The molecule has 0 fully saturated rings. The molecule has 0 aliphatic heterocycles. The number of rotatable bonds is 4. The highest BCUT2D eigenvalue weighted by molar-refractivity contribution is 9.10. The zero-order chi connectivity index (χ0) is 10.6. The molecule has 0 atom stereocenters. The molecule has 0 aromatic carbocycles. The van der Waals surface area contributed by atoms with E-state index < -0.39 is 5.54 Å². The number of aliphatic hydroxyl groups is 2. The maximum absolute atomic E-state index is 9.01. The molecule has 0 amide bonds. The third-order valence-corrected chi connectivity index (χ3v) is 2.14. The number of nitrogens with one attached hydrogen (secondary N) is 1. The normalized spacial score (nSPS) is 11.4.